The molecule has 0 bridgehead atoms. The second-order valence-corrected chi connectivity index (χ2v) is 7.46. The predicted octanol–water partition coefficient (Wildman–Crippen LogP) is 1.66. The lowest BCUT2D eigenvalue weighted by atomic mass is 10.1. The third kappa shape index (κ3) is 3.10. The van der Waals surface area contributed by atoms with Crippen molar-refractivity contribution in [3.05, 3.63) is 41.9 Å². The maximum Gasteiger partial charge on any atom is 0.227 e. The molecule has 0 unspecified atom stereocenters. The van der Waals surface area contributed by atoms with Crippen molar-refractivity contribution in [1.82, 2.24) is 14.9 Å². The third-order valence-corrected chi connectivity index (χ3v) is 4.71. The van der Waals surface area contributed by atoms with Gasteiger partial charge in [-0.1, -0.05) is 6.07 Å². The molecule has 3 rings (SSSR count). The summed E-state index contributed by atoms with van der Waals surface area (Å²) in [6.45, 7) is 1.67. The van der Waals surface area contributed by atoms with Crippen LogP contribution in [0.15, 0.2) is 35.5 Å². The van der Waals surface area contributed by atoms with Gasteiger partial charge in [0.1, 0.15) is 12.1 Å². The van der Waals surface area contributed by atoms with Gasteiger partial charge < -0.3 is 9.64 Å². The van der Waals surface area contributed by atoms with Crippen LogP contribution in [0.25, 0.3) is 0 Å². The minimum Gasteiger partial charge on any atom is -0.439 e. The molecule has 0 aliphatic carbocycles. The molecule has 1 aliphatic heterocycles. The van der Waals surface area contributed by atoms with Crippen molar-refractivity contribution in [2.75, 3.05) is 19.8 Å². The molecule has 7 heteroatoms. The topological polar surface area (TPSA) is 72.4 Å². The number of ether oxygens (including phenoxy) is 1. The minimum atomic E-state index is -3.26. The van der Waals surface area contributed by atoms with Gasteiger partial charge in [-0.05, 0) is 25.2 Å². The van der Waals surface area contributed by atoms with Crippen molar-refractivity contribution in [3.8, 4) is 11.6 Å². The van der Waals surface area contributed by atoms with Crippen LogP contribution in [0.4, 0.5) is 0 Å². The summed E-state index contributed by atoms with van der Waals surface area (Å²) >= 11 is 0. The van der Waals surface area contributed by atoms with Crippen LogP contribution in [-0.4, -0.2) is 43.1 Å². The largest absolute Gasteiger partial charge is 0.439 e. The monoisotopic (exact) mass is 319 g/mol. The van der Waals surface area contributed by atoms with Crippen LogP contribution < -0.4 is 4.74 Å². The maximum atomic E-state index is 11.6. The summed E-state index contributed by atoms with van der Waals surface area (Å²) in [6.07, 6.45) is 3.52. The van der Waals surface area contributed by atoms with Crippen LogP contribution in [0.2, 0.25) is 0 Å². The fourth-order valence-electron chi connectivity index (χ4n) is 2.42. The number of likely N-dealkylation sites (N-methyl/N-ethyl adjacent to an activating group) is 1. The Hall–Kier alpha value is -1.99. The van der Waals surface area contributed by atoms with E-state index in [0.717, 1.165) is 30.8 Å². The smallest absolute Gasteiger partial charge is 0.227 e. The van der Waals surface area contributed by atoms with Gasteiger partial charge in [-0.2, -0.15) is 0 Å². The molecule has 1 aliphatic rings. The Balaban J connectivity index is 1.95. The van der Waals surface area contributed by atoms with Gasteiger partial charge in [0.2, 0.25) is 5.88 Å². The predicted molar refractivity (Wildman–Crippen MR) is 81.7 cm³/mol. The van der Waals surface area contributed by atoms with Crippen molar-refractivity contribution in [2.45, 2.75) is 17.9 Å². The molecule has 2 aromatic rings. The molecule has 0 saturated carbocycles. The molecule has 1 aromatic heterocycles. The summed E-state index contributed by atoms with van der Waals surface area (Å²) < 4.78 is 29.1. The first-order valence-corrected chi connectivity index (χ1v) is 8.82. The number of hydrogen-bond donors (Lipinski definition) is 0. The van der Waals surface area contributed by atoms with Gasteiger partial charge in [-0.3, -0.25) is 0 Å². The molecule has 22 heavy (non-hydrogen) atoms. The quantitative estimate of drug-likeness (QED) is 0.857. The van der Waals surface area contributed by atoms with Crippen LogP contribution in [0.1, 0.15) is 11.3 Å². The average Bonchev–Trinajstić information content (AvgIpc) is 2.47. The summed E-state index contributed by atoms with van der Waals surface area (Å²) in [5.41, 5.74) is 1.95. The molecule has 0 spiro atoms. The Bertz CT molecular complexity index is 805. The number of hydrogen-bond acceptors (Lipinski definition) is 6. The fourth-order valence-corrected chi connectivity index (χ4v) is 3.07. The van der Waals surface area contributed by atoms with E-state index >= 15 is 0 Å². The molecule has 0 N–H and O–H groups in total. The molecule has 0 fully saturated rings. The van der Waals surface area contributed by atoms with Crippen molar-refractivity contribution in [1.29, 1.82) is 0 Å². The van der Waals surface area contributed by atoms with E-state index in [-0.39, 0.29) is 4.90 Å². The molecule has 6 nitrogen and oxygen atoms in total. The molecule has 0 saturated heterocycles. The van der Waals surface area contributed by atoms with E-state index in [9.17, 15) is 8.42 Å². The van der Waals surface area contributed by atoms with Crippen LogP contribution in [0.3, 0.4) is 0 Å². The summed E-state index contributed by atoms with van der Waals surface area (Å²) in [5.74, 6) is 0.944. The third-order valence-electron chi connectivity index (χ3n) is 3.60. The fraction of sp³-hybridized carbons (Fsp3) is 0.333. The van der Waals surface area contributed by atoms with E-state index in [4.69, 9.17) is 4.74 Å². The standard InChI is InChI=1S/C15H17N3O3S/c1-18-7-6-14-13(9-18)15(17-10-16-14)21-11-4-3-5-12(8-11)22(2,19)20/h3-5,8,10H,6-7,9H2,1-2H3. The highest BCUT2D eigenvalue weighted by Crippen LogP contribution is 2.29. The van der Waals surface area contributed by atoms with Crippen molar-refractivity contribution in [2.24, 2.45) is 0 Å². The van der Waals surface area contributed by atoms with E-state index in [1.165, 1.54) is 18.6 Å². The Kier molecular flexibility index (Phi) is 3.84. The number of sulfone groups is 1. The van der Waals surface area contributed by atoms with Gasteiger partial charge in [0.15, 0.2) is 9.84 Å². The Morgan fingerprint density at radius 1 is 1.27 bits per heavy atom. The van der Waals surface area contributed by atoms with Gasteiger partial charge in [-0.15, -0.1) is 0 Å². The minimum absolute atomic E-state index is 0.227. The van der Waals surface area contributed by atoms with Gasteiger partial charge in [-0.25, -0.2) is 18.4 Å². The number of fused-ring (bicyclic) bond motifs is 1. The first-order chi connectivity index (χ1) is 10.4. The zero-order valence-corrected chi connectivity index (χ0v) is 13.3. The lowest BCUT2D eigenvalue weighted by Crippen LogP contribution is -2.27. The van der Waals surface area contributed by atoms with Crippen LogP contribution in [0, 0.1) is 0 Å². The van der Waals surface area contributed by atoms with E-state index in [2.05, 4.69) is 14.9 Å². The maximum absolute atomic E-state index is 11.6. The molecule has 0 atom stereocenters. The zero-order chi connectivity index (χ0) is 15.7. The lowest BCUT2D eigenvalue weighted by Gasteiger charge is -2.25. The van der Waals surface area contributed by atoms with E-state index in [1.54, 1.807) is 18.2 Å². The van der Waals surface area contributed by atoms with Crippen LogP contribution in [0.5, 0.6) is 11.6 Å². The Morgan fingerprint density at radius 2 is 2.09 bits per heavy atom. The second kappa shape index (κ2) is 5.66. The van der Waals surface area contributed by atoms with E-state index < -0.39 is 9.84 Å². The van der Waals surface area contributed by atoms with E-state index in [1.807, 2.05) is 7.05 Å². The average molecular weight is 319 g/mol. The number of aromatic nitrogens is 2. The van der Waals surface area contributed by atoms with Crippen LogP contribution in [-0.2, 0) is 22.8 Å². The highest BCUT2D eigenvalue weighted by atomic mass is 32.2. The highest BCUT2D eigenvalue weighted by Gasteiger charge is 2.20. The van der Waals surface area contributed by atoms with Gasteiger partial charge in [0.05, 0.1) is 16.2 Å². The Morgan fingerprint density at radius 3 is 2.86 bits per heavy atom. The van der Waals surface area contributed by atoms with E-state index in [0.29, 0.717) is 11.6 Å². The summed E-state index contributed by atoms with van der Waals surface area (Å²) in [5, 5.41) is 0. The molecular formula is C15H17N3O3S. The van der Waals surface area contributed by atoms with Crippen molar-refractivity contribution < 1.29 is 13.2 Å². The van der Waals surface area contributed by atoms with Crippen molar-refractivity contribution in [3.63, 3.8) is 0 Å². The molecule has 1 aromatic carbocycles. The lowest BCUT2D eigenvalue weighted by molar-refractivity contribution is 0.300. The second-order valence-electron chi connectivity index (χ2n) is 5.44. The summed E-state index contributed by atoms with van der Waals surface area (Å²) in [7, 11) is -1.23. The normalized spacial score (nSPS) is 15.4. The van der Waals surface area contributed by atoms with Crippen LogP contribution >= 0.6 is 0 Å². The summed E-state index contributed by atoms with van der Waals surface area (Å²) in [6, 6.07) is 6.43. The zero-order valence-electron chi connectivity index (χ0n) is 12.5. The number of benzene rings is 1. The Labute approximate surface area is 129 Å². The first-order valence-electron chi connectivity index (χ1n) is 6.93. The molecule has 116 valence electrons. The van der Waals surface area contributed by atoms with Gasteiger partial charge in [0.25, 0.3) is 0 Å². The first kappa shape index (κ1) is 14.9. The van der Waals surface area contributed by atoms with Gasteiger partial charge >= 0.3 is 0 Å². The molecule has 0 radical (unpaired) electrons. The number of rotatable bonds is 3. The summed E-state index contributed by atoms with van der Waals surface area (Å²) in [4.78, 5) is 10.9. The molecular weight excluding hydrogens is 302 g/mol. The SMILES string of the molecule is CN1CCc2ncnc(Oc3cccc(S(C)(=O)=O)c3)c2C1. The molecule has 2 heterocycles. The number of nitrogens with zero attached hydrogens (tertiary/aromatic N) is 3. The van der Waals surface area contributed by atoms with Gasteiger partial charge in [0, 0.05) is 25.8 Å². The highest BCUT2D eigenvalue weighted by molar-refractivity contribution is 7.90. The molecule has 0 amide bonds. The van der Waals surface area contributed by atoms with Crippen molar-refractivity contribution >= 4 is 9.84 Å².